The first-order valence-electron chi connectivity index (χ1n) is 6.07. The molecule has 0 spiro atoms. The summed E-state index contributed by atoms with van der Waals surface area (Å²) in [6.07, 6.45) is 0. The summed E-state index contributed by atoms with van der Waals surface area (Å²) < 4.78 is 1.58. The van der Waals surface area contributed by atoms with Crippen LogP contribution in [0.2, 0.25) is 0 Å². The molecule has 100 valence electrons. The zero-order valence-corrected chi connectivity index (χ0v) is 11.6. The Balaban J connectivity index is 2.13. The van der Waals surface area contributed by atoms with Crippen molar-refractivity contribution < 1.29 is 4.79 Å². The Bertz CT molecular complexity index is 584. The molecule has 2 aromatic rings. The molecule has 5 nitrogen and oxygen atoms in total. The Morgan fingerprint density at radius 2 is 1.89 bits per heavy atom. The number of rotatable bonds is 3. The molecule has 0 saturated heterocycles. The molecule has 0 atom stereocenters. The van der Waals surface area contributed by atoms with Crippen molar-refractivity contribution in [2.75, 3.05) is 24.3 Å². The van der Waals surface area contributed by atoms with Crippen molar-refractivity contribution in [1.29, 1.82) is 0 Å². The van der Waals surface area contributed by atoms with Gasteiger partial charge in [-0.3, -0.25) is 9.48 Å². The maximum atomic E-state index is 12.1. The molecule has 2 rings (SSSR count). The summed E-state index contributed by atoms with van der Waals surface area (Å²) in [7, 11) is 5.72. The summed E-state index contributed by atoms with van der Waals surface area (Å²) >= 11 is 0. The molecule has 0 saturated carbocycles. The number of amides is 1. The van der Waals surface area contributed by atoms with Crippen LogP contribution in [0.25, 0.3) is 0 Å². The monoisotopic (exact) mass is 258 g/mol. The molecule has 0 unspecified atom stereocenters. The first-order chi connectivity index (χ1) is 8.97. The Morgan fingerprint density at radius 3 is 2.37 bits per heavy atom. The number of anilines is 2. The lowest BCUT2D eigenvalue weighted by Gasteiger charge is -2.13. The van der Waals surface area contributed by atoms with E-state index in [0.29, 0.717) is 5.69 Å². The molecule has 5 heteroatoms. The minimum Gasteiger partial charge on any atom is -0.378 e. The summed E-state index contributed by atoms with van der Waals surface area (Å²) in [4.78, 5) is 14.1. The molecule has 1 aromatic heterocycles. The molecule has 0 fully saturated rings. The van der Waals surface area contributed by atoms with Gasteiger partial charge in [-0.2, -0.15) is 5.10 Å². The molecule has 1 aromatic carbocycles. The Labute approximate surface area is 112 Å². The first-order valence-corrected chi connectivity index (χ1v) is 6.07. The van der Waals surface area contributed by atoms with Gasteiger partial charge < -0.3 is 10.2 Å². The van der Waals surface area contributed by atoms with E-state index in [4.69, 9.17) is 0 Å². The van der Waals surface area contributed by atoms with Crippen molar-refractivity contribution >= 4 is 17.3 Å². The van der Waals surface area contributed by atoms with Crippen molar-refractivity contribution in [1.82, 2.24) is 9.78 Å². The molecule has 0 aliphatic heterocycles. The lowest BCUT2D eigenvalue weighted by molar-refractivity contribution is 0.101. The average Bonchev–Trinajstić information content (AvgIpc) is 2.69. The number of nitrogens with one attached hydrogen (secondary N) is 1. The van der Waals surface area contributed by atoms with Crippen LogP contribution in [0.5, 0.6) is 0 Å². The molecule has 1 heterocycles. The van der Waals surface area contributed by atoms with Gasteiger partial charge in [-0.25, -0.2) is 0 Å². The van der Waals surface area contributed by atoms with Crippen LogP contribution in [-0.2, 0) is 7.05 Å². The minimum absolute atomic E-state index is 0.152. The highest BCUT2D eigenvalue weighted by Gasteiger charge is 2.11. The maximum Gasteiger partial charge on any atom is 0.273 e. The number of aromatic nitrogens is 2. The minimum atomic E-state index is -0.152. The third kappa shape index (κ3) is 2.93. The fourth-order valence-corrected chi connectivity index (χ4v) is 1.86. The normalized spacial score (nSPS) is 10.3. The van der Waals surface area contributed by atoms with E-state index in [9.17, 15) is 4.79 Å². The van der Waals surface area contributed by atoms with Crippen molar-refractivity contribution in [2.24, 2.45) is 7.05 Å². The van der Waals surface area contributed by atoms with Gasteiger partial charge in [-0.1, -0.05) is 0 Å². The summed E-state index contributed by atoms with van der Waals surface area (Å²) in [5.74, 6) is -0.152. The van der Waals surface area contributed by atoms with Crippen molar-refractivity contribution in [3.05, 3.63) is 41.7 Å². The van der Waals surface area contributed by atoms with E-state index >= 15 is 0 Å². The maximum absolute atomic E-state index is 12.1. The SMILES string of the molecule is Cc1cc(C(=O)Nc2ccc(N(C)C)cc2)n(C)n1. The van der Waals surface area contributed by atoms with Gasteiger partial charge in [-0.15, -0.1) is 0 Å². The van der Waals surface area contributed by atoms with Gasteiger partial charge in [0.05, 0.1) is 5.69 Å². The van der Waals surface area contributed by atoms with Crippen LogP contribution < -0.4 is 10.2 Å². The third-order valence-electron chi connectivity index (χ3n) is 2.88. The van der Waals surface area contributed by atoms with Crippen LogP contribution in [0.4, 0.5) is 11.4 Å². The lowest BCUT2D eigenvalue weighted by Crippen LogP contribution is -2.16. The lowest BCUT2D eigenvalue weighted by atomic mass is 10.2. The largest absolute Gasteiger partial charge is 0.378 e. The number of benzene rings is 1. The van der Waals surface area contributed by atoms with Crippen LogP contribution in [0.1, 0.15) is 16.2 Å². The van der Waals surface area contributed by atoms with Gasteiger partial charge in [0.25, 0.3) is 5.91 Å². The summed E-state index contributed by atoms with van der Waals surface area (Å²) in [5.41, 5.74) is 3.24. The molecule has 0 radical (unpaired) electrons. The molecule has 0 bridgehead atoms. The number of hydrogen-bond acceptors (Lipinski definition) is 3. The number of hydrogen-bond donors (Lipinski definition) is 1. The first kappa shape index (κ1) is 13.1. The van der Waals surface area contributed by atoms with Gasteiger partial charge in [0.1, 0.15) is 5.69 Å². The van der Waals surface area contributed by atoms with Crippen LogP contribution in [-0.4, -0.2) is 29.8 Å². The fraction of sp³-hybridized carbons (Fsp3) is 0.286. The molecule has 19 heavy (non-hydrogen) atoms. The van der Waals surface area contributed by atoms with Crippen LogP contribution in [0.15, 0.2) is 30.3 Å². The van der Waals surface area contributed by atoms with Gasteiger partial charge in [-0.05, 0) is 37.3 Å². The Hall–Kier alpha value is -2.30. The van der Waals surface area contributed by atoms with Gasteiger partial charge >= 0.3 is 0 Å². The van der Waals surface area contributed by atoms with E-state index in [2.05, 4.69) is 10.4 Å². The van der Waals surface area contributed by atoms with Gasteiger partial charge in [0.2, 0.25) is 0 Å². The van der Waals surface area contributed by atoms with Crippen molar-refractivity contribution in [3.63, 3.8) is 0 Å². The third-order valence-corrected chi connectivity index (χ3v) is 2.88. The second kappa shape index (κ2) is 5.14. The van der Waals surface area contributed by atoms with Gasteiger partial charge in [0.15, 0.2) is 0 Å². The zero-order chi connectivity index (χ0) is 14.0. The number of aryl methyl sites for hydroxylation is 2. The van der Waals surface area contributed by atoms with Crippen LogP contribution in [0.3, 0.4) is 0 Å². The predicted octanol–water partition coefficient (Wildman–Crippen LogP) is 2.05. The van der Waals surface area contributed by atoms with E-state index in [-0.39, 0.29) is 5.91 Å². The molecular weight excluding hydrogens is 240 g/mol. The van der Waals surface area contributed by atoms with Crippen molar-refractivity contribution in [3.8, 4) is 0 Å². The topological polar surface area (TPSA) is 50.2 Å². The van der Waals surface area contributed by atoms with E-state index < -0.39 is 0 Å². The molecule has 0 aliphatic carbocycles. The van der Waals surface area contributed by atoms with E-state index in [1.807, 2.05) is 50.2 Å². The van der Waals surface area contributed by atoms with Crippen LogP contribution in [0, 0.1) is 6.92 Å². The predicted molar refractivity (Wildman–Crippen MR) is 76.7 cm³/mol. The van der Waals surface area contributed by atoms with E-state index in [1.165, 1.54) is 0 Å². The number of carbonyl (C=O) groups is 1. The highest BCUT2D eigenvalue weighted by atomic mass is 16.2. The van der Waals surface area contributed by atoms with Gasteiger partial charge in [0, 0.05) is 32.5 Å². The second-order valence-electron chi connectivity index (χ2n) is 4.69. The highest BCUT2D eigenvalue weighted by molar-refractivity contribution is 6.03. The second-order valence-corrected chi connectivity index (χ2v) is 4.69. The van der Waals surface area contributed by atoms with Crippen LogP contribution >= 0.6 is 0 Å². The number of nitrogens with zero attached hydrogens (tertiary/aromatic N) is 3. The molecule has 1 N–H and O–H groups in total. The quantitative estimate of drug-likeness (QED) is 0.916. The summed E-state index contributed by atoms with van der Waals surface area (Å²) in [6.45, 7) is 1.86. The summed E-state index contributed by atoms with van der Waals surface area (Å²) in [6, 6.07) is 9.46. The van der Waals surface area contributed by atoms with E-state index in [1.54, 1.807) is 17.8 Å². The van der Waals surface area contributed by atoms with E-state index in [0.717, 1.165) is 17.1 Å². The Kier molecular flexibility index (Phi) is 3.55. The zero-order valence-electron chi connectivity index (χ0n) is 11.6. The number of carbonyl (C=O) groups excluding carboxylic acids is 1. The smallest absolute Gasteiger partial charge is 0.273 e. The molecular formula is C14H18N4O. The molecule has 0 aliphatic rings. The Morgan fingerprint density at radius 1 is 1.26 bits per heavy atom. The average molecular weight is 258 g/mol. The highest BCUT2D eigenvalue weighted by Crippen LogP contribution is 2.16. The molecule has 1 amide bonds. The summed E-state index contributed by atoms with van der Waals surface area (Å²) in [5, 5.41) is 7.02. The standard InChI is InChI=1S/C14H18N4O/c1-10-9-13(18(4)16-10)14(19)15-11-5-7-12(8-6-11)17(2)3/h5-9H,1-4H3,(H,15,19). The fourth-order valence-electron chi connectivity index (χ4n) is 1.86. The van der Waals surface area contributed by atoms with Crippen molar-refractivity contribution in [2.45, 2.75) is 6.92 Å².